The number of aromatic nitrogens is 1. The van der Waals surface area contributed by atoms with Crippen LogP contribution in [0.25, 0.3) is 0 Å². The highest BCUT2D eigenvalue weighted by atomic mass is 79.9. The second-order valence-corrected chi connectivity index (χ2v) is 6.15. The van der Waals surface area contributed by atoms with Gasteiger partial charge in [-0.05, 0) is 35.0 Å². The SMILES string of the molecule is CC1CN(C(=O)Nc2cncc(Br)c2)Cc2ccccc2O1. The molecule has 1 aliphatic heterocycles. The Morgan fingerprint density at radius 3 is 3.05 bits per heavy atom. The Kier molecular flexibility index (Phi) is 4.29. The summed E-state index contributed by atoms with van der Waals surface area (Å²) >= 11 is 3.34. The first-order valence-electron chi connectivity index (χ1n) is 7.03. The van der Waals surface area contributed by atoms with E-state index in [-0.39, 0.29) is 12.1 Å². The molecular weight excluding hydrogens is 346 g/mol. The number of amides is 2. The molecule has 0 saturated heterocycles. The summed E-state index contributed by atoms with van der Waals surface area (Å²) in [5.41, 5.74) is 1.67. The summed E-state index contributed by atoms with van der Waals surface area (Å²) in [6.07, 6.45) is 3.23. The van der Waals surface area contributed by atoms with Crippen molar-refractivity contribution in [3.63, 3.8) is 0 Å². The van der Waals surface area contributed by atoms with Gasteiger partial charge in [0.15, 0.2) is 0 Å². The van der Waals surface area contributed by atoms with Crippen molar-refractivity contribution in [3.05, 3.63) is 52.8 Å². The standard InChI is InChI=1S/C16H16BrN3O2/c1-11-9-20(10-12-4-2-3-5-15(12)22-11)16(21)19-14-6-13(17)7-18-8-14/h2-8,11H,9-10H2,1H3,(H,19,21). The lowest BCUT2D eigenvalue weighted by Crippen LogP contribution is -2.38. The van der Waals surface area contributed by atoms with Gasteiger partial charge in [-0.2, -0.15) is 0 Å². The largest absolute Gasteiger partial charge is 0.489 e. The summed E-state index contributed by atoms with van der Waals surface area (Å²) < 4.78 is 6.69. The van der Waals surface area contributed by atoms with Crippen LogP contribution in [0.1, 0.15) is 12.5 Å². The van der Waals surface area contributed by atoms with Gasteiger partial charge >= 0.3 is 6.03 Å². The maximum Gasteiger partial charge on any atom is 0.322 e. The number of anilines is 1. The number of urea groups is 1. The maximum atomic E-state index is 12.5. The smallest absolute Gasteiger partial charge is 0.322 e. The third-order valence-electron chi connectivity index (χ3n) is 3.38. The van der Waals surface area contributed by atoms with E-state index in [1.165, 1.54) is 0 Å². The second kappa shape index (κ2) is 6.36. The quantitative estimate of drug-likeness (QED) is 0.843. The molecule has 1 aliphatic rings. The lowest BCUT2D eigenvalue weighted by Gasteiger charge is -2.22. The van der Waals surface area contributed by atoms with Crippen molar-refractivity contribution >= 4 is 27.6 Å². The van der Waals surface area contributed by atoms with Crippen molar-refractivity contribution in [1.29, 1.82) is 0 Å². The van der Waals surface area contributed by atoms with E-state index in [9.17, 15) is 4.79 Å². The van der Waals surface area contributed by atoms with Crippen LogP contribution in [0.15, 0.2) is 47.2 Å². The molecule has 2 amide bonds. The molecule has 5 nitrogen and oxygen atoms in total. The van der Waals surface area contributed by atoms with Crippen LogP contribution in [0.4, 0.5) is 10.5 Å². The average molecular weight is 362 g/mol. The van der Waals surface area contributed by atoms with Crippen LogP contribution in [-0.2, 0) is 6.54 Å². The van der Waals surface area contributed by atoms with E-state index in [2.05, 4.69) is 26.2 Å². The average Bonchev–Trinajstić information content (AvgIpc) is 2.65. The summed E-state index contributed by atoms with van der Waals surface area (Å²) in [5, 5.41) is 2.87. The van der Waals surface area contributed by atoms with Gasteiger partial charge in [-0.15, -0.1) is 0 Å². The summed E-state index contributed by atoms with van der Waals surface area (Å²) in [7, 11) is 0. The summed E-state index contributed by atoms with van der Waals surface area (Å²) in [4.78, 5) is 18.3. The lowest BCUT2D eigenvalue weighted by atomic mass is 10.2. The van der Waals surface area contributed by atoms with Gasteiger partial charge in [-0.3, -0.25) is 4.98 Å². The first-order valence-corrected chi connectivity index (χ1v) is 7.82. The Morgan fingerprint density at radius 2 is 2.23 bits per heavy atom. The first kappa shape index (κ1) is 14.8. The molecule has 0 fully saturated rings. The summed E-state index contributed by atoms with van der Waals surface area (Å²) in [6.45, 7) is 3.01. The zero-order valence-electron chi connectivity index (χ0n) is 12.1. The highest BCUT2D eigenvalue weighted by molar-refractivity contribution is 9.10. The number of hydrogen-bond donors (Lipinski definition) is 1. The number of para-hydroxylation sites is 1. The molecule has 1 atom stereocenters. The van der Waals surface area contributed by atoms with Crippen LogP contribution in [0.2, 0.25) is 0 Å². The second-order valence-electron chi connectivity index (χ2n) is 5.24. The van der Waals surface area contributed by atoms with E-state index in [0.29, 0.717) is 18.8 Å². The van der Waals surface area contributed by atoms with Crippen molar-refractivity contribution in [3.8, 4) is 5.75 Å². The van der Waals surface area contributed by atoms with Crippen molar-refractivity contribution in [2.24, 2.45) is 0 Å². The molecule has 2 aromatic rings. The Labute approximate surface area is 137 Å². The molecule has 0 aliphatic carbocycles. The zero-order chi connectivity index (χ0) is 15.5. The number of hydrogen-bond acceptors (Lipinski definition) is 3. The third kappa shape index (κ3) is 3.39. The number of benzene rings is 1. The molecule has 0 saturated carbocycles. The maximum absolute atomic E-state index is 12.5. The molecule has 3 rings (SSSR count). The van der Waals surface area contributed by atoms with E-state index in [0.717, 1.165) is 15.8 Å². The van der Waals surface area contributed by atoms with E-state index < -0.39 is 0 Å². The number of ether oxygens (including phenoxy) is 1. The number of fused-ring (bicyclic) bond motifs is 1. The lowest BCUT2D eigenvalue weighted by molar-refractivity contribution is 0.167. The highest BCUT2D eigenvalue weighted by Gasteiger charge is 2.23. The van der Waals surface area contributed by atoms with E-state index >= 15 is 0 Å². The van der Waals surface area contributed by atoms with Crippen LogP contribution in [-0.4, -0.2) is 28.6 Å². The topological polar surface area (TPSA) is 54.5 Å². The first-order chi connectivity index (χ1) is 10.6. The molecule has 0 bridgehead atoms. The minimum atomic E-state index is -0.160. The Hall–Kier alpha value is -2.08. The van der Waals surface area contributed by atoms with Crippen LogP contribution in [0.3, 0.4) is 0 Å². The molecule has 1 aromatic carbocycles. The van der Waals surface area contributed by atoms with E-state index in [1.54, 1.807) is 17.3 Å². The van der Waals surface area contributed by atoms with Crippen molar-refractivity contribution < 1.29 is 9.53 Å². The van der Waals surface area contributed by atoms with E-state index in [4.69, 9.17) is 4.74 Å². The van der Waals surface area contributed by atoms with Crippen molar-refractivity contribution in [1.82, 2.24) is 9.88 Å². The fourth-order valence-corrected chi connectivity index (χ4v) is 2.79. The number of rotatable bonds is 1. The monoisotopic (exact) mass is 361 g/mol. The zero-order valence-corrected chi connectivity index (χ0v) is 13.7. The van der Waals surface area contributed by atoms with Crippen LogP contribution in [0.5, 0.6) is 5.75 Å². The number of carbonyl (C=O) groups excluding carboxylic acids is 1. The Bertz CT molecular complexity index is 693. The fourth-order valence-electron chi connectivity index (χ4n) is 2.42. The number of halogens is 1. The predicted molar refractivity (Wildman–Crippen MR) is 87.9 cm³/mol. The Balaban J connectivity index is 1.77. The molecule has 1 unspecified atom stereocenters. The van der Waals surface area contributed by atoms with Crippen LogP contribution in [0, 0.1) is 0 Å². The number of nitrogens with one attached hydrogen (secondary N) is 1. The van der Waals surface area contributed by atoms with Gasteiger partial charge in [-0.1, -0.05) is 18.2 Å². The van der Waals surface area contributed by atoms with Crippen molar-refractivity contribution in [2.75, 3.05) is 11.9 Å². The fraction of sp³-hybridized carbons (Fsp3) is 0.250. The van der Waals surface area contributed by atoms with Gasteiger partial charge in [0.05, 0.1) is 25.0 Å². The van der Waals surface area contributed by atoms with Gasteiger partial charge in [0, 0.05) is 16.2 Å². The summed E-state index contributed by atoms with van der Waals surface area (Å²) in [5.74, 6) is 0.842. The van der Waals surface area contributed by atoms with Gasteiger partial charge in [0.1, 0.15) is 11.9 Å². The molecule has 1 N–H and O–H groups in total. The third-order valence-corrected chi connectivity index (χ3v) is 3.82. The normalized spacial score (nSPS) is 17.2. The number of nitrogens with zero attached hydrogens (tertiary/aromatic N) is 2. The minimum absolute atomic E-state index is 0.0602. The van der Waals surface area contributed by atoms with Gasteiger partial charge in [0.2, 0.25) is 0 Å². The molecule has 0 spiro atoms. The molecular formula is C16H16BrN3O2. The number of pyridine rings is 1. The predicted octanol–water partition coefficient (Wildman–Crippen LogP) is 3.66. The molecule has 1 aromatic heterocycles. The molecule has 6 heteroatoms. The minimum Gasteiger partial charge on any atom is -0.489 e. The highest BCUT2D eigenvalue weighted by Crippen LogP contribution is 2.25. The van der Waals surface area contributed by atoms with Crippen LogP contribution < -0.4 is 10.1 Å². The van der Waals surface area contributed by atoms with Gasteiger partial charge < -0.3 is 15.0 Å². The van der Waals surface area contributed by atoms with Crippen LogP contribution >= 0.6 is 15.9 Å². The molecule has 2 heterocycles. The summed E-state index contributed by atoms with van der Waals surface area (Å²) in [6, 6.07) is 9.46. The Morgan fingerprint density at radius 1 is 1.41 bits per heavy atom. The van der Waals surface area contributed by atoms with E-state index in [1.807, 2.05) is 37.3 Å². The molecule has 22 heavy (non-hydrogen) atoms. The van der Waals surface area contributed by atoms with Crippen molar-refractivity contribution in [2.45, 2.75) is 19.6 Å². The molecule has 114 valence electrons. The molecule has 0 radical (unpaired) electrons. The number of carbonyl (C=O) groups is 1. The van der Waals surface area contributed by atoms with Gasteiger partial charge in [-0.25, -0.2) is 4.79 Å². The van der Waals surface area contributed by atoms with Gasteiger partial charge in [0.25, 0.3) is 0 Å².